The van der Waals surface area contributed by atoms with Gasteiger partial charge in [0.2, 0.25) is 0 Å². The van der Waals surface area contributed by atoms with E-state index < -0.39 is 18.2 Å². The van der Waals surface area contributed by atoms with Crippen molar-refractivity contribution in [2.75, 3.05) is 26.9 Å². The third-order valence-corrected chi connectivity index (χ3v) is 3.10. The predicted molar refractivity (Wildman–Crippen MR) is 89.7 cm³/mol. The normalized spacial score (nSPS) is 14.0. The summed E-state index contributed by atoms with van der Waals surface area (Å²) in [5.74, 6) is 0.192. The number of hydrogen-bond acceptors (Lipinski definition) is 6. The zero-order valence-electron chi connectivity index (χ0n) is 13.9. The molecule has 0 saturated carbocycles. The SMILES string of the molecule is CCOC(=O)/C=C/C=C/[C@@H](OC)[C@H](O)c1ccc(OCCO)cc1. The van der Waals surface area contributed by atoms with E-state index in [0.29, 0.717) is 17.9 Å². The molecule has 24 heavy (non-hydrogen) atoms. The molecule has 1 aromatic carbocycles. The van der Waals surface area contributed by atoms with Crippen LogP contribution in [0.25, 0.3) is 0 Å². The molecule has 1 aromatic rings. The Morgan fingerprint density at radius 3 is 2.54 bits per heavy atom. The molecule has 0 heterocycles. The molecular weight excluding hydrogens is 312 g/mol. The quantitative estimate of drug-likeness (QED) is 0.385. The molecule has 0 amide bonds. The summed E-state index contributed by atoms with van der Waals surface area (Å²) in [6.45, 7) is 2.22. The monoisotopic (exact) mass is 336 g/mol. The number of aliphatic hydroxyl groups is 2. The van der Waals surface area contributed by atoms with Crippen LogP contribution in [-0.4, -0.2) is 49.2 Å². The highest BCUT2D eigenvalue weighted by Gasteiger charge is 2.17. The fourth-order valence-electron chi connectivity index (χ4n) is 1.93. The Morgan fingerprint density at radius 1 is 1.25 bits per heavy atom. The van der Waals surface area contributed by atoms with Gasteiger partial charge in [0.05, 0.1) is 13.2 Å². The van der Waals surface area contributed by atoms with E-state index in [-0.39, 0.29) is 13.2 Å². The number of benzene rings is 1. The van der Waals surface area contributed by atoms with Gasteiger partial charge in [0.15, 0.2) is 0 Å². The van der Waals surface area contributed by atoms with Gasteiger partial charge in [0.1, 0.15) is 24.6 Å². The number of allylic oxidation sites excluding steroid dienone is 2. The van der Waals surface area contributed by atoms with Gasteiger partial charge in [-0.25, -0.2) is 4.79 Å². The molecule has 0 radical (unpaired) electrons. The molecule has 0 aromatic heterocycles. The second-order valence-electron chi connectivity index (χ2n) is 4.78. The molecular formula is C18H24O6. The van der Waals surface area contributed by atoms with Gasteiger partial charge in [-0.1, -0.05) is 30.4 Å². The Morgan fingerprint density at radius 2 is 1.96 bits per heavy atom. The number of carbonyl (C=O) groups excluding carboxylic acids is 1. The minimum absolute atomic E-state index is 0.0553. The average molecular weight is 336 g/mol. The summed E-state index contributed by atoms with van der Waals surface area (Å²) in [6, 6.07) is 6.88. The van der Waals surface area contributed by atoms with Gasteiger partial charge in [-0.05, 0) is 24.6 Å². The second kappa shape index (κ2) is 11.4. The van der Waals surface area contributed by atoms with Gasteiger partial charge in [0.25, 0.3) is 0 Å². The summed E-state index contributed by atoms with van der Waals surface area (Å²) in [5, 5.41) is 19.1. The van der Waals surface area contributed by atoms with Gasteiger partial charge < -0.3 is 24.4 Å². The summed E-state index contributed by atoms with van der Waals surface area (Å²) in [6.07, 6.45) is 4.66. The van der Waals surface area contributed by atoms with Gasteiger partial charge in [-0.15, -0.1) is 0 Å². The molecule has 6 nitrogen and oxygen atoms in total. The highest BCUT2D eigenvalue weighted by molar-refractivity contribution is 5.82. The van der Waals surface area contributed by atoms with Crippen molar-refractivity contribution in [1.29, 1.82) is 0 Å². The van der Waals surface area contributed by atoms with E-state index in [4.69, 9.17) is 19.3 Å². The van der Waals surface area contributed by atoms with Crippen molar-refractivity contribution >= 4 is 5.97 Å². The van der Waals surface area contributed by atoms with Crippen molar-refractivity contribution in [3.05, 3.63) is 54.1 Å². The maximum Gasteiger partial charge on any atom is 0.330 e. The van der Waals surface area contributed by atoms with Crippen molar-refractivity contribution < 1.29 is 29.2 Å². The number of esters is 1. The minimum atomic E-state index is -0.867. The van der Waals surface area contributed by atoms with Crippen LogP contribution in [0.1, 0.15) is 18.6 Å². The van der Waals surface area contributed by atoms with Crippen molar-refractivity contribution in [3.63, 3.8) is 0 Å². The topological polar surface area (TPSA) is 85.2 Å². The molecule has 0 aliphatic rings. The maximum absolute atomic E-state index is 11.2. The molecule has 0 aliphatic carbocycles. The first-order chi connectivity index (χ1) is 11.6. The Kier molecular flexibility index (Phi) is 9.45. The molecule has 6 heteroatoms. The Labute approximate surface area is 142 Å². The van der Waals surface area contributed by atoms with Crippen LogP contribution in [0.3, 0.4) is 0 Å². The predicted octanol–water partition coefficient (Wildman–Crippen LogP) is 1.78. The summed E-state index contributed by atoms with van der Waals surface area (Å²) in [4.78, 5) is 11.2. The smallest absolute Gasteiger partial charge is 0.330 e. The fourth-order valence-corrected chi connectivity index (χ4v) is 1.93. The summed E-state index contributed by atoms with van der Waals surface area (Å²) < 4.78 is 15.3. The Balaban J connectivity index is 2.65. The number of rotatable bonds is 10. The Bertz CT molecular complexity index is 535. The summed E-state index contributed by atoms with van der Waals surface area (Å²) >= 11 is 0. The largest absolute Gasteiger partial charge is 0.491 e. The first-order valence-corrected chi connectivity index (χ1v) is 7.68. The van der Waals surface area contributed by atoms with E-state index in [9.17, 15) is 9.90 Å². The van der Waals surface area contributed by atoms with E-state index in [1.165, 1.54) is 19.3 Å². The average Bonchev–Trinajstić information content (AvgIpc) is 2.60. The lowest BCUT2D eigenvalue weighted by atomic mass is 10.0. The van der Waals surface area contributed by atoms with Crippen LogP contribution in [0.15, 0.2) is 48.6 Å². The molecule has 0 aliphatic heterocycles. The minimum Gasteiger partial charge on any atom is -0.491 e. The van der Waals surface area contributed by atoms with Crippen LogP contribution in [0.4, 0.5) is 0 Å². The lowest BCUT2D eigenvalue weighted by Crippen LogP contribution is -2.18. The highest BCUT2D eigenvalue weighted by atomic mass is 16.5. The lowest BCUT2D eigenvalue weighted by Gasteiger charge is -2.19. The number of ether oxygens (including phenoxy) is 3. The maximum atomic E-state index is 11.2. The van der Waals surface area contributed by atoms with Crippen LogP contribution in [-0.2, 0) is 14.3 Å². The Hall–Kier alpha value is -2.15. The third-order valence-electron chi connectivity index (χ3n) is 3.10. The molecule has 2 atom stereocenters. The molecule has 132 valence electrons. The molecule has 0 fully saturated rings. The second-order valence-corrected chi connectivity index (χ2v) is 4.78. The summed E-state index contributed by atoms with van der Waals surface area (Å²) in [5.41, 5.74) is 0.664. The molecule has 1 rings (SSSR count). The summed E-state index contributed by atoms with van der Waals surface area (Å²) in [7, 11) is 1.49. The number of hydrogen-bond donors (Lipinski definition) is 2. The van der Waals surface area contributed by atoms with Gasteiger partial charge in [0, 0.05) is 13.2 Å². The standard InChI is InChI=1S/C18H24O6/c1-3-23-17(20)7-5-4-6-16(22-2)18(21)14-8-10-15(11-9-14)24-13-12-19/h4-11,16,18-19,21H,3,12-13H2,1-2H3/b6-4+,7-5+/t16-,18-/m1/s1. The zero-order valence-corrected chi connectivity index (χ0v) is 13.9. The van der Waals surface area contributed by atoms with E-state index in [0.717, 1.165) is 0 Å². The van der Waals surface area contributed by atoms with E-state index in [1.54, 1.807) is 43.3 Å². The van der Waals surface area contributed by atoms with Crippen LogP contribution >= 0.6 is 0 Å². The van der Waals surface area contributed by atoms with Gasteiger partial charge in [-0.2, -0.15) is 0 Å². The van der Waals surface area contributed by atoms with Crippen molar-refractivity contribution in [3.8, 4) is 5.75 Å². The number of methoxy groups -OCH3 is 1. The van der Waals surface area contributed by atoms with Crippen molar-refractivity contribution in [2.24, 2.45) is 0 Å². The van der Waals surface area contributed by atoms with Crippen molar-refractivity contribution in [2.45, 2.75) is 19.1 Å². The first-order valence-electron chi connectivity index (χ1n) is 7.68. The zero-order chi connectivity index (χ0) is 17.8. The van der Waals surface area contributed by atoms with Crippen molar-refractivity contribution in [1.82, 2.24) is 0 Å². The molecule has 0 spiro atoms. The molecule has 2 N–H and O–H groups in total. The third kappa shape index (κ3) is 6.95. The highest BCUT2D eigenvalue weighted by Crippen LogP contribution is 2.22. The van der Waals surface area contributed by atoms with Crippen LogP contribution in [0.5, 0.6) is 5.75 Å². The van der Waals surface area contributed by atoms with Crippen LogP contribution in [0, 0.1) is 0 Å². The molecule has 0 unspecified atom stereocenters. The first kappa shape index (κ1) is 19.9. The van der Waals surface area contributed by atoms with Crippen LogP contribution < -0.4 is 4.74 Å². The fraction of sp³-hybridized carbons (Fsp3) is 0.389. The van der Waals surface area contributed by atoms with E-state index in [2.05, 4.69) is 0 Å². The number of aliphatic hydroxyl groups excluding tert-OH is 2. The lowest BCUT2D eigenvalue weighted by molar-refractivity contribution is -0.137. The van der Waals surface area contributed by atoms with Gasteiger partial charge >= 0.3 is 5.97 Å². The van der Waals surface area contributed by atoms with Gasteiger partial charge in [-0.3, -0.25) is 0 Å². The number of carbonyl (C=O) groups is 1. The van der Waals surface area contributed by atoms with E-state index >= 15 is 0 Å². The molecule has 0 saturated heterocycles. The molecule has 0 bridgehead atoms. The van der Waals surface area contributed by atoms with Crippen LogP contribution in [0.2, 0.25) is 0 Å². The van der Waals surface area contributed by atoms with E-state index in [1.807, 2.05) is 0 Å².